The largest absolute Gasteiger partial charge is 0.444 e. The zero-order valence-electron chi connectivity index (χ0n) is 16.9. The second-order valence-electron chi connectivity index (χ2n) is 8.63. The fraction of sp³-hybridized carbons (Fsp3) is 0.450. The lowest BCUT2D eigenvalue weighted by molar-refractivity contribution is -0.131. The van der Waals surface area contributed by atoms with Gasteiger partial charge in [0, 0.05) is 5.56 Å². The third-order valence-electron chi connectivity index (χ3n) is 5.09. The predicted molar refractivity (Wildman–Crippen MR) is 107 cm³/mol. The van der Waals surface area contributed by atoms with Crippen LogP contribution in [0.3, 0.4) is 0 Å². The first-order valence-electron chi connectivity index (χ1n) is 9.44. The molecule has 2 aliphatic rings. The number of carbonyl (C=O) groups excluding carboxylic acids is 2. The summed E-state index contributed by atoms with van der Waals surface area (Å²) in [5.41, 5.74) is 5.79. The highest BCUT2D eigenvalue weighted by molar-refractivity contribution is 6.31. The molecule has 1 spiro atoms. The number of primary amides is 1. The van der Waals surface area contributed by atoms with E-state index in [1.54, 1.807) is 25.5 Å². The molecule has 160 valence electrons. The van der Waals surface area contributed by atoms with E-state index >= 15 is 0 Å². The van der Waals surface area contributed by atoms with Crippen LogP contribution in [0.4, 0.5) is 9.18 Å². The quantitative estimate of drug-likeness (QED) is 0.780. The maximum absolute atomic E-state index is 13.6. The number of benzene rings is 1. The molecule has 2 aromatic rings. The Labute approximate surface area is 177 Å². The summed E-state index contributed by atoms with van der Waals surface area (Å²) in [5, 5.41) is 4.54. The third kappa shape index (κ3) is 3.41. The number of fused-ring (bicyclic) bond motifs is 2. The molecular formula is C20H22ClFN4O4. The summed E-state index contributed by atoms with van der Waals surface area (Å²) in [6.45, 7) is 6.41. The van der Waals surface area contributed by atoms with E-state index in [0.717, 1.165) is 0 Å². The summed E-state index contributed by atoms with van der Waals surface area (Å²) in [6.07, 6.45) is -0.497. The average Bonchev–Trinajstić information content (AvgIpc) is 3.00. The van der Waals surface area contributed by atoms with E-state index in [-0.39, 0.29) is 22.8 Å². The van der Waals surface area contributed by atoms with Crippen LogP contribution < -0.4 is 5.73 Å². The molecule has 30 heavy (non-hydrogen) atoms. The lowest BCUT2D eigenvalue weighted by Gasteiger charge is -2.48. The van der Waals surface area contributed by atoms with Gasteiger partial charge in [0.15, 0.2) is 0 Å². The standard InChI is InChI=1S/C20H22ClFN4O4/c1-19(2,3)30-18(28)25-7-14-15(17(23)27)16(11-4-5-13(22)12(21)6-11)24-26(14)20(8-25)9-29-10-20/h4-6H,7-10H2,1-3H3,(H2,23,27). The molecule has 0 radical (unpaired) electrons. The van der Waals surface area contributed by atoms with Gasteiger partial charge < -0.3 is 15.2 Å². The van der Waals surface area contributed by atoms with Crippen LogP contribution in [0.25, 0.3) is 11.3 Å². The van der Waals surface area contributed by atoms with Crippen molar-refractivity contribution < 1.29 is 23.5 Å². The molecule has 0 atom stereocenters. The van der Waals surface area contributed by atoms with Gasteiger partial charge in [-0.15, -0.1) is 0 Å². The van der Waals surface area contributed by atoms with Crippen LogP contribution >= 0.6 is 11.6 Å². The van der Waals surface area contributed by atoms with Gasteiger partial charge in [-0.1, -0.05) is 11.6 Å². The summed E-state index contributed by atoms with van der Waals surface area (Å²) in [5.74, 6) is -1.28. The number of nitrogens with zero attached hydrogens (tertiary/aromatic N) is 3. The first-order valence-corrected chi connectivity index (χ1v) is 9.82. The van der Waals surface area contributed by atoms with Gasteiger partial charge in [-0.3, -0.25) is 14.4 Å². The second kappa shape index (κ2) is 6.95. The van der Waals surface area contributed by atoms with Crippen molar-refractivity contribution in [2.75, 3.05) is 19.8 Å². The van der Waals surface area contributed by atoms with Gasteiger partial charge in [-0.25, -0.2) is 9.18 Å². The van der Waals surface area contributed by atoms with Crippen LogP contribution in [0.5, 0.6) is 0 Å². The lowest BCUT2D eigenvalue weighted by Crippen LogP contribution is -2.63. The highest BCUT2D eigenvalue weighted by atomic mass is 35.5. The van der Waals surface area contributed by atoms with Gasteiger partial charge in [-0.05, 0) is 39.0 Å². The molecule has 2 amide bonds. The van der Waals surface area contributed by atoms with Gasteiger partial charge in [0.1, 0.15) is 22.7 Å². The molecule has 8 nitrogen and oxygen atoms in total. The molecule has 2 aliphatic heterocycles. The fourth-order valence-electron chi connectivity index (χ4n) is 3.76. The molecule has 0 aliphatic carbocycles. The van der Waals surface area contributed by atoms with Crippen LogP contribution in [0.2, 0.25) is 5.02 Å². The van der Waals surface area contributed by atoms with E-state index in [1.165, 1.54) is 23.1 Å². The SMILES string of the molecule is CC(C)(C)OC(=O)N1Cc2c(C(N)=O)c(-c3ccc(F)c(Cl)c3)nn2C2(COC2)C1. The molecule has 0 saturated carbocycles. The number of carbonyl (C=O) groups is 2. The highest BCUT2D eigenvalue weighted by Crippen LogP contribution is 2.38. The maximum atomic E-state index is 13.6. The lowest BCUT2D eigenvalue weighted by atomic mass is 9.93. The smallest absolute Gasteiger partial charge is 0.410 e. The first-order chi connectivity index (χ1) is 14.0. The zero-order valence-corrected chi connectivity index (χ0v) is 17.6. The van der Waals surface area contributed by atoms with Crippen LogP contribution in [0.1, 0.15) is 36.8 Å². The Kier molecular flexibility index (Phi) is 4.78. The molecule has 1 aromatic carbocycles. The Hall–Kier alpha value is -2.65. The van der Waals surface area contributed by atoms with Gasteiger partial charge >= 0.3 is 6.09 Å². The number of rotatable bonds is 2. The van der Waals surface area contributed by atoms with Crippen molar-refractivity contribution in [1.82, 2.24) is 14.7 Å². The molecule has 4 rings (SSSR count). The van der Waals surface area contributed by atoms with Crippen LogP contribution in [0.15, 0.2) is 18.2 Å². The summed E-state index contributed by atoms with van der Waals surface area (Å²) in [4.78, 5) is 26.7. The number of hydrogen-bond acceptors (Lipinski definition) is 5. The summed E-state index contributed by atoms with van der Waals surface area (Å²) in [7, 11) is 0. The monoisotopic (exact) mass is 436 g/mol. The van der Waals surface area contributed by atoms with E-state index in [9.17, 15) is 14.0 Å². The van der Waals surface area contributed by atoms with Crippen LogP contribution in [-0.2, 0) is 21.6 Å². The number of ether oxygens (including phenoxy) is 2. The number of hydrogen-bond donors (Lipinski definition) is 1. The van der Waals surface area contributed by atoms with Crippen molar-refractivity contribution in [3.63, 3.8) is 0 Å². The Morgan fingerprint density at radius 2 is 2.03 bits per heavy atom. The Morgan fingerprint density at radius 3 is 2.57 bits per heavy atom. The molecule has 3 heterocycles. The van der Waals surface area contributed by atoms with E-state index < -0.39 is 29.0 Å². The Morgan fingerprint density at radius 1 is 1.33 bits per heavy atom. The fourth-order valence-corrected chi connectivity index (χ4v) is 3.94. The second-order valence-corrected chi connectivity index (χ2v) is 9.04. The van der Waals surface area contributed by atoms with Crippen LogP contribution in [-0.4, -0.2) is 52.0 Å². The van der Waals surface area contributed by atoms with Gasteiger partial charge in [-0.2, -0.15) is 5.10 Å². The molecule has 1 saturated heterocycles. The van der Waals surface area contributed by atoms with Crippen molar-refractivity contribution in [3.05, 3.63) is 40.3 Å². The zero-order chi connectivity index (χ0) is 21.8. The summed E-state index contributed by atoms with van der Waals surface area (Å²) >= 11 is 5.93. The van der Waals surface area contributed by atoms with E-state index in [1.807, 2.05) is 0 Å². The topological polar surface area (TPSA) is 99.7 Å². The summed E-state index contributed by atoms with van der Waals surface area (Å²) in [6, 6.07) is 4.08. The number of amides is 2. The normalized spacial score (nSPS) is 17.4. The minimum Gasteiger partial charge on any atom is -0.444 e. The molecular weight excluding hydrogens is 415 g/mol. The minimum atomic E-state index is -0.701. The van der Waals surface area contributed by atoms with E-state index in [4.69, 9.17) is 26.8 Å². The summed E-state index contributed by atoms with van der Waals surface area (Å²) < 4.78 is 26.3. The average molecular weight is 437 g/mol. The highest BCUT2D eigenvalue weighted by Gasteiger charge is 2.50. The van der Waals surface area contributed by atoms with E-state index in [2.05, 4.69) is 5.10 Å². The predicted octanol–water partition coefficient (Wildman–Crippen LogP) is 2.92. The van der Waals surface area contributed by atoms with Gasteiger partial charge in [0.25, 0.3) is 5.91 Å². The van der Waals surface area contributed by atoms with Crippen molar-refractivity contribution in [3.8, 4) is 11.3 Å². The minimum absolute atomic E-state index is 0.0917. The van der Waals surface area contributed by atoms with Crippen LogP contribution in [0, 0.1) is 5.82 Å². The molecule has 0 unspecified atom stereocenters. The van der Waals surface area contributed by atoms with Gasteiger partial charge in [0.05, 0.1) is 42.6 Å². The number of halogens is 2. The van der Waals surface area contributed by atoms with E-state index in [0.29, 0.717) is 31.0 Å². The van der Waals surface area contributed by atoms with Crippen molar-refractivity contribution >= 4 is 23.6 Å². The first kappa shape index (κ1) is 20.6. The Balaban J connectivity index is 1.82. The molecule has 2 N–H and O–H groups in total. The number of nitrogens with two attached hydrogens (primary N) is 1. The van der Waals surface area contributed by atoms with Crippen molar-refractivity contribution in [1.29, 1.82) is 0 Å². The number of aromatic nitrogens is 2. The molecule has 1 aromatic heterocycles. The molecule has 1 fully saturated rings. The van der Waals surface area contributed by atoms with Gasteiger partial charge in [0.2, 0.25) is 0 Å². The Bertz CT molecular complexity index is 1040. The van der Waals surface area contributed by atoms with Crippen molar-refractivity contribution in [2.45, 2.75) is 38.5 Å². The maximum Gasteiger partial charge on any atom is 0.410 e. The molecule has 0 bridgehead atoms. The van der Waals surface area contributed by atoms with Crippen molar-refractivity contribution in [2.24, 2.45) is 5.73 Å². The third-order valence-corrected chi connectivity index (χ3v) is 5.38. The molecule has 10 heteroatoms.